The normalized spacial score (nSPS) is 20.3. The van der Waals surface area contributed by atoms with Crippen molar-refractivity contribution in [3.05, 3.63) is 59.8 Å². The van der Waals surface area contributed by atoms with Gasteiger partial charge in [0.2, 0.25) is 0 Å². The highest BCUT2D eigenvalue weighted by atomic mass is 16.1. The van der Waals surface area contributed by atoms with Gasteiger partial charge in [0.15, 0.2) is 0 Å². The fraction of sp³-hybridized carbons (Fsp3) is 0.364. The number of primary amides is 1. The topological polar surface area (TPSA) is 72.9 Å². The summed E-state index contributed by atoms with van der Waals surface area (Å²) in [6.45, 7) is 6.76. The van der Waals surface area contributed by atoms with Gasteiger partial charge in [-0.25, -0.2) is 4.68 Å². The molecule has 5 heteroatoms. The number of fused-ring (bicyclic) bond motifs is 1. The maximum Gasteiger partial charge on any atom is 0.250 e. The van der Waals surface area contributed by atoms with Crippen molar-refractivity contribution in [2.75, 3.05) is 13.1 Å². The molecule has 1 saturated heterocycles. The van der Waals surface area contributed by atoms with Crippen molar-refractivity contribution in [3.8, 4) is 5.69 Å². The van der Waals surface area contributed by atoms with Gasteiger partial charge in [-0.3, -0.25) is 4.79 Å². The predicted octanol–water partition coefficient (Wildman–Crippen LogP) is 3.40. The Morgan fingerprint density at radius 2 is 2.00 bits per heavy atom. The number of carbonyl (C=O) groups is 1. The van der Waals surface area contributed by atoms with Gasteiger partial charge >= 0.3 is 0 Å². The summed E-state index contributed by atoms with van der Waals surface area (Å²) in [4.78, 5) is 11.6. The van der Waals surface area contributed by atoms with E-state index in [2.05, 4.69) is 48.5 Å². The maximum absolute atomic E-state index is 11.6. The lowest BCUT2D eigenvalue weighted by molar-refractivity contribution is 0.100. The van der Waals surface area contributed by atoms with E-state index in [1.54, 1.807) is 6.07 Å². The molecule has 3 N–H and O–H groups in total. The number of hydrogen-bond donors (Lipinski definition) is 2. The molecule has 1 amide bonds. The van der Waals surface area contributed by atoms with E-state index in [9.17, 15) is 4.79 Å². The van der Waals surface area contributed by atoms with Crippen molar-refractivity contribution >= 4 is 16.8 Å². The quantitative estimate of drug-likeness (QED) is 0.747. The van der Waals surface area contributed by atoms with Crippen molar-refractivity contribution in [2.24, 2.45) is 11.7 Å². The van der Waals surface area contributed by atoms with E-state index in [4.69, 9.17) is 5.73 Å². The Kier molecular flexibility index (Phi) is 4.48. The number of piperidine rings is 1. The van der Waals surface area contributed by atoms with E-state index in [0.29, 0.717) is 17.0 Å². The Hall–Kier alpha value is -2.66. The maximum atomic E-state index is 11.6. The van der Waals surface area contributed by atoms with Gasteiger partial charge < -0.3 is 11.1 Å². The number of nitrogens with zero attached hydrogens (tertiary/aromatic N) is 2. The van der Waals surface area contributed by atoms with E-state index in [1.807, 2.05) is 23.0 Å². The van der Waals surface area contributed by atoms with Crippen LogP contribution in [0, 0.1) is 5.92 Å². The van der Waals surface area contributed by atoms with Crippen LogP contribution in [0.3, 0.4) is 0 Å². The summed E-state index contributed by atoms with van der Waals surface area (Å²) in [6.07, 6.45) is 4.36. The minimum atomic E-state index is -0.454. The molecule has 4 rings (SSSR count). The minimum absolute atomic E-state index is 0.185. The fourth-order valence-electron chi connectivity index (χ4n) is 4.32. The highest BCUT2D eigenvalue weighted by Crippen LogP contribution is 2.38. The molecule has 0 aliphatic carbocycles. The average Bonchev–Trinajstić information content (AvgIpc) is 3.12. The largest absolute Gasteiger partial charge is 0.366 e. The molecule has 5 nitrogen and oxygen atoms in total. The summed E-state index contributed by atoms with van der Waals surface area (Å²) < 4.78 is 1.82. The van der Waals surface area contributed by atoms with E-state index < -0.39 is 5.91 Å². The zero-order valence-corrected chi connectivity index (χ0v) is 15.9. The minimum Gasteiger partial charge on any atom is -0.366 e. The number of rotatable bonds is 4. The third-order valence-corrected chi connectivity index (χ3v) is 6.03. The first-order valence-electron chi connectivity index (χ1n) is 9.61. The molecule has 1 aliphatic heterocycles. The summed E-state index contributed by atoms with van der Waals surface area (Å²) in [5.41, 5.74) is 9.12. The summed E-state index contributed by atoms with van der Waals surface area (Å²) in [6, 6.07) is 14.2. The van der Waals surface area contributed by atoms with E-state index in [1.165, 1.54) is 18.4 Å². The Morgan fingerprint density at radius 1 is 1.22 bits per heavy atom. The molecule has 0 bridgehead atoms. The van der Waals surface area contributed by atoms with Gasteiger partial charge in [-0.15, -0.1) is 0 Å². The molecule has 0 radical (unpaired) electrons. The van der Waals surface area contributed by atoms with Gasteiger partial charge in [0.25, 0.3) is 5.91 Å². The zero-order valence-electron chi connectivity index (χ0n) is 15.9. The summed E-state index contributed by atoms with van der Waals surface area (Å²) in [7, 11) is 0. The molecule has 27 heavy (non-hydrogen) atoms. The monoisotopic (exact) mass is 362 g/mol. The van der Waals surface area contributed by atoms with Crippen LogP contribution in [0.25, 0.3) is 16.6 Å². The molecule has 1 aliphatic rings. The Labute approximate surface area is 159 Å². The standard InChI is InChI=1S/C22H26N4O/c1-15(2)22(11-4-12-24-14-22)17-7-9-18(10-8-17)26-13-16-5-3-6-19(21(23)27)20(16)25-26/h3,5-10,13,15,24H,4,11-12,14H2,1-2H3,(H2,23,27)/t22-/m1/s1. The van der Waals surface area contributed by atoms with Gasteiger partial charge in [-0.05, 0) is 49.1 Å². The number of nitrogens with one attached hydrogen (secondary N) is 1. The molecule has 140 valence electrons. The molecule has 1 fully saturated rings. The Bertz CT molecular complexity index is 966. The molecule has 0 spiro atoms. The smallest absolute Gasteiger partial charge is 0.250 e. The van der Waals surface area contributed by atoms with Crippen LogP contribution in [0.4, 0.5) is 0 Å². The lowest BCUT2D eigenvalue weighted by Crippen LogP contribution is -2.46. The summed E-state index contributed by atoms with van der Waals surface area (Å²) in [5.74, 6) is 0.117. The van der Waals surface area contributed by atoms with Gasteiger partial charge in [0, 0.05) is 23.5 Å². The summed E-state index contributed by atoms with van der Waals surface area (Å²) in [5, 5.41) is 9.09. The molecular weight excluding hydrogens is 336 g/mol. The first-order valence-corrected chi connectivity index (χ1v) is 9.61. The zero-order chi connectivity index (χ0) is 19.0. The van der Waals surface area contributed by atoms with E-state index in [-0.39, 0.29) is 5.41 Å². The van der Waals surface area contributed by atoms with Crippen LogP contribution in [0.1, 0.15) is 42.6 Å². The molecule has 3 aromatic rings. The molecule has 2 heterocycles. The third-order valence-electron chi connectivity index (χ3n) is 6.03. The SMILES string of the molecule is CC(C)[C@@]1(c2ccc(-n3cc4cccc(C(N)=O)c4n3)cc2)CCCNC1. The number of amides is 1. The lowest BCUT2D eigenvalue weighted by atomic mass is 9.67. The first-order chi connectivity index (χ1) is 13.0. The number of hydrogen-bond acceptors (Lipinski definition) is 3. The highest BCUT2D eigenvalue weighted by Gasteiger charge is 2.36. The van der Waals surface area contributed by atoms with E-state index >= 15 is 0 Å². The first kappa shape index (κ1) is 17.7. The van der Waals surface area contributed by atoms with Crippen molar-refractivity contribution in [1.29, 1.82) is 0 Å². The van der Waals surface area contributed by atoms with E-state index in [0.717, 1.165) is 24.2 Å². The molecular formula is C22H26N4O. The van der Waals surface area contributed by atoms with Crippen LogP contribution < -0.4 is 11.1 Å². The molecule has 1 aromatic heterocycles. The molecule has 0 saturated carbocycles. The van der Waals surface area contributed by atoms with Gasteiger partial charge in [-0.1, -0.05) is 38.1 Å². The third kappa shape index (κ3) is 3.02. The molecule has 2 aromatic carbocycles. The lowest BCUT2D eigenvalue weighted by Gasteiger charge is -2.42. The van der Waals surface area contributed by atoms with Crippen LogP contribution in [0.2, 0.25) is 0 Å². The molecule has 1 atom stereocenters. The highest BCUT2D eigenvalue weighted by molar-refractivity contribution is 6.04. The van der Waals surface area contributed by atoms with Crippen LogP contribution in [0.15, 0.2) is 48.7 Å². The summed E-state index contributed by atoms with van der Waals surface area (Å²) >= 11 is 0. The van der Waals surface area contributed by atoms with Crippen molar-refractivity contribution in [3.63, 3.8) is 0 Å². The number of carbonyl (C=O) groups excluding carboxylic acids is 1. The fourth-order valence-corrected chi connectivity index (χ4v) is 4.32. The second-order valence-corrected chi connectivity index (χ2v) is 7.82. The van der Waals surface area contributed by atoms with Gasteiger partial charge in [0.05, 0.1) is 11.3 Å². The number of nitrogens with two attached hydrogens (primary N) is 1. The second kappa shape index (κ2) is 6.82. The van der Waals surface area contributed by atoms with Crippen molar-refractivity contribution in [2.45, 2.75) is 32.1 Å². The molecule has 0 unspecified atom stereocenters. The van der Waals surface area contributed by atoms with Crippen LogP contribution >= 0.6 is 0 Å². The van der Waals surface area contributed by atoms with Crippen LogP contribution in [-0.2, 0) is 5.41 Å². The predicted molar refractivity (Wildman–Crippen MR) is 108 cm³/mol. The Morgan fingerprint density at radius 3 is 2.63 bits per heavy atom. The second-order valence-electron chi connectivity index (χ2n) is 7.82. The average molecular weight is 362 g/mol. The Balaban J connectivity index is 1.71. The number of aromatic nitrogens is 2. The van der Waals surface area contributed by atoms with Gasteiger partial charge in [0.1, 0.15) is 5.52 Å². The number of benzene rings is 2. The van der Waals surface area contributed by atoms with Crippen molar-refractivity contribution in [1.82, 2.24) is 15.1 Å². The van der Waals surface area contributed by atoms with Crippen molar-refractivity contribution < 1.29 is 4.79 Å². The van der Waals surface area contributed by atoms with Crippen LogP contribution in [-0.4, -0.2) is 28.8 Å². The van der Waals surface area contributed by atoms with Crippen LogP contribution in [0.5, 0.6) is 0 Å². The van der Waals surface area contributed by atoms with Gasteiger partial charge in [-0.2, -0.15) is 5.10 Å².